The molecule has 5 nitrogen and oxygen atoms in total. The summed E-state index contributed by atoms with van der Waals surface area (Å²) in [4.78, 5) is 14.5. The monoisotopic (exact) mass is 284 g/mol. The predicted molar refractivity (Wildman–Crippen MR) is 81.9 cm³/mol. The lowest BCUT2D eigenvalue weighted by Crippen LogP contribution is -2.38. The van der Waals surface area contributed by atoms with Crippen LogP contribution in [0.5, 0.6) is 0 Å². The number of anilines is 1. The van der Waals surface area contributed by atoms with E-state index in [1.807, 2.05) is 23.1 Å². The molecule has 1 aromatic heterocycles. The second kappa shape index (κ2) is 5.99. The predicted octanol–water partition coefficient (Wildman–Crippen LogP) is 3.41. The number of amides is 2. The van der Waals surface area contributed by atoms with Gasteiger partial charge >= 0.3 is 6.03 Å². The van der Waals surface area contributed by atoms with Gasteiger partial charge in [-0.05, 0) is 31.2 Å². The zero-order valence-electron chi connectivity index (χ0n) is 12.1. The lowest BCUT2D eigenvalue weighted by molar-refractivity contribution is 0.189. The van der Waals surface area contributed by atoms with Gasteiger partial charge in [0.05, 0.1) is 17.9 Å². The average Bonchev–Trinajstić information content (AvgIpc) is 3.20. The van der Waals surface area contributed by atoms with Gasteiger partial charge in [0.1, 0.15) is 0 Å². The first-order chi connectivity index (χ1) is 10.2. The minimum atomic E-state index is -0.0698. The van der Waals surface area contributed by atoms with Crippen LogP contribution in [0.1, 0.15) is 31.4 Å². The van der Waals surface area contributed by atoms with Gasteiger partial charge in [-0.2, -0.15) is 5.10 Å². The molecule has 0 unspecified atom stereocenters. The zero-order chi connectivity index (χ0) is 14.7. The van der Waals surface area contributed by atoms with Crippen LogP contribution in [-0.2, 0) is 0 Å². The molecule has 5 heteroatoms. The number of carbonyl (C=O) groups is 1. The first-order valence-corrected chi connectivity index (χ1v) is 7.35. The number of urea groups is 1. The second-order valence-electron chi connectivity index (χ2n) is 5.60. The highest BCUT2D eigenvalue weighted by Gasteiger charge is 2.30. The molecule has 110 valence electrons. The van der Waals surface area contributed by atoms with Crippen LogP contribution in [0, 0.1) is 5.92 Å². The van der Waals surface area contributed by atoms with E-state index in [4.69, 9.17) is 0 Å². The number of carbonyl (C=O) groups excluding carboxylic acids is 1. The topological polar surface area (TPSA) is 61.0 Å². The van der Waals surface area contributed by atoms with Gasteiger partial charge in [-0.3, -0.25) is 5.10 Å². The SMILES string of the molecule is C[C@@H](c1ccccc1)N(CC1CC1)C(=O)Nc1cn[nH]c1. The number of H-pyrrole nitrogens is 1. The van der Waals surface area contributed by atoms with Gasteiger partial charge in [0.25, 0.3) is 0 Å². The van der Waals surface area contributed by atoms with Gasteiger partial charge in [0, 0.05) is 12.7 Å². The molecule has 1 heterocycles. The van der Waals surface area contributed by atoms with Gasteiger partial charge in [-0.15, -0.1) is 0 Å². The fraction of sp³-hybridized carbons (Fsp3) is 0.375. The maximum atomic E-state index is 12.6. The molecule has 0 saturated heterocycles. The van der Waals surface area contributed by atoms with Crippen LogP contribution in [0.4, 0.5) is 10.5 Å². The number of aromatic amines is 1. The molecule has 0 aliphatic heterocycles. The highest BCUT2D eigenvalue weighted by Crippen LogP contribution is 2.33. The molecule has 2 amide bonds. The summed E-state index contributed by atoms with van der Waals surface area (Å²) >= 11 is 0. The summed E-state index contributed by atoms with van der Waals surface area (Å²) in [6, 6.07) is 10.1. The standard InChI is InChI=1S/C16H20N4O/c1-12(14-5-3-2-4-6-14)20(11-13-7-8-13)16(21)19-15-9-17-18-10-15/h2-6,9-10,12-13H,7-8,11H2,1H3,(H,17,18)(H,19,21)/t12-/m0/s1. The van der Waals surface area contributed by atoms with E-state index in [2.05, 4.69) is 34.6 Å². The maximum absolute atomic E-state index is 12.6. The van der Waals surface area contributed by atoms with E-state index in [1.54, 1.807) is 12.4 Å². The van der Waals surface area contributed by atoms with Crippen molar-refractivity contribution in [3.05, 3.63) is 48.3 Å². The van der Waals surface area contributed by atoms with Crippen molar-refractivity contribution in [2.45, 2.75) is 25.8 Å². The quantitative estimate of drug-likeness (QED) is 0.883. The van der Waals surface area contributed by atoms with Crippen molar-refractivity contribution in [1.29, 1.82) is 0 Å². The van der Waals surface area contributed by atoms with Crippen LogP contribution in [0.3, 0.4) is 0 Å². The van der Waals surface area contributed by atoms with Crippen molar-refractivity contribution in [1.82, 2.24) is 15.1 Å². The minimum Gasteiger partial charge on any atom is -0.317 e. The summed E-state index contributed by atoms with van der Waals surface area (Å²) in [5.41, 5.74) is 1.85. The third-order valence-corrected chi connectivity index (χ3v) is 3.91. The number of benzene rings is 1. The van der Waals surface area contributed by atoms with Crippen molar-refractivity contribution in [2.75, 3.05) is 11.9 Å². The fourth-order valence-corrected chi connectivity index (χ4v) is 2.42. The van der Waals surface area contributed by atoms with Crippen LogP contribution < -0.4 is 5.32 Å². The van der Waals surface area contributed by atoms with Crippen molar-refractivity contribution < 1.29 is 4.79 Å². The molecule has 0 radical (unpaired) electrons. The normalized spacial score (nSPS) is 15.5. The first-order valence-electron chi connectivity index (χ1n) is 7.35. The molecule has 1 atom stereocenters. The Balaban J connectivity index is 1.74. The summed E-state index contributed by atoms with van der Waals surface area (Å²) in [6.07, 6.45) is 5.73. The van der Waals surface area contributed by atoms with E-state index in [9.17, 15) is 4.79 Å². The molecule has 1 aliphatic carbocycles. The number of aromatic nitrogens is 2. The van der Waals surface area contributed by atoms with E-state index in [0.717, 1.165) is 12.1 Å². The summed E-state index contributed by atoms with van der Waals surface area (Å²) in [6.45, 7) is 2.88. The Kier molecular flexibility index (Phi) is 3.90. The molecule has 21 heavy (non-hydrogen) atoms. The average molecular weight is 284 g/mol. The summed E-state index contributed by atoms with van der Waals surface area (Å²) in [5, 5.41) is 9.46. The van der Waals surface area contributed by atoms with Crippen molar-refractivity contribution in [3.8, 4) is 0 Å². The molecule has 1 saturated carbocycles. The number of rotatable bonds is 5. The van der Waals surface area contributed by atoms with Gasteiger partial charge in [0.2, 0.25) is 0 Å². The smallest absolute Gasteiger partial charge is 0.317 e. The molecule has 1 aromatic carbocycles. The van der Waals surface area contributed by atoms with Crippen LogP contribution in [0.15, 0.2) is 42.7 Å². The summed E-state index contributed by atoms with van der Waals surface area (Å²) in [7, 11) is 0. The molecule has 0 bridgehead atoms. The Morgan fingerprint density at radius 2 is 2.19 bits per heavy atom. The van der Waals surface area contributed by atoms with E-state index in [1.165, 1.54) is 12.8 Å². The number of hydrogen-bond acceptors (Lipinski definition) is 2. The van der Waals surface area contributed by atoms with E-state index in [0.29, 0.717) is 11.6 Å². The van der Waals surface area contributed by atoms with Gasteiger partial charge in [0.15, 0.2) is 0 Å². The molecule has 0 spiro atoms. The Morgan fingerprint density at radius 1 is 1.43 bits per heavy atom. The fourth-order valence-electron chi connectivity index (χ4n) is 2.42. The molecule has 2 N–H and O–H groups in total. The van der Waals surface area contributed by atoms with Gasteiger partial charge in [-0.1, -0.05) is 30.3 Å². The van der Waals surface area contributed by atoms with Crippen LogP contribution >= 0.6 is 0 Å². The Hall–Kier alpha value is -2.30. The Bertz CT molecular complexity index is 578. The van der Waals surface area contributed by atoms with E-state index in [-0.39, 0.29) is 12.1 Å². The second-order valence-corrected chi connectivity index (χ2v) is 5.60. The lowest BCUT2D eigenvalue weighted by Gasteiger charge is -2.29. The third-order valence-electron chi connectivity index (χ3n) is 3.91. The number of nitrogens with one attached hydrogen (secondary N) is 2. The molecule has 3 rings (SSSR count). The van der Waals surface area contributed by atoms with Crippen molar-refractivity contribution in [3.63, 3.8) is 0 Å². The highest BCUT2D eigenvalue weighted by atomic mass is 16.2. The lowest BCUT2D eigenvalue weighted by atomic mass is 10.1. The zero-order valence-corrected chi connectivity index (χ0v) is 12.1. The van der Waals surface area contributed by atoms with Crippen LogP contribution in [-0.4, -0.2) is 27.7 Å². The molecular formula is C16H20N4O. The number of hydrogen-bond donors (Lipinski definition) is 2. The Labute approximate surface area is 124 Å². The van der Waals surface area contributed by atoms with Crippen molar-refractivity contribution in [2.24, 2.45) is 5.92 Å². The minimum absolute atomic E-state index is 0.0544. The maximum Gasteiger partial charge on any atom is 0.322 e. The number of nitrogens with zero attached hydrogens (tertiary/aromatic N) is 2. The van der Waals surface area contributed by atoms with E-state index < -0.39 is 0 Å². The van der Waals surface area contributed by atoms with Gasteiger partial charge < -0.3 is 10.2 Å². The van der Waals surface area contributed by atoms with Gasteiger partial charge in [-0.25, -0.2) is 4.79 Å². The molecular weight excluding hydrogens is 264 g/mol. The molecule has 1 fully saturated rings. The molecule has 2 aromatic rings. The van der Waals surface area contributed by atoms with Crippen LogP contribution in [0.2, 0.25) is 0 Å². The summed E-state index contributed by atoms with van der Waals surface area (Å²) in [5.74, 6) is 0.645. The summed E-state index contributed by atoms with van der Waals surface area (Å²) < 4.78 is 0. The Morgan fingerprint density at radius 3 is 2.81 bits per heavy atom. The molecule has 1 aliphatic rings. The van der Waals surface area contributed by atoms with Crippen LogP contribution in [0.25, 0.3) is 0 Å². The highest BCUT2D eigenvalue weighted by molar-refractivity contribution is 5.89. The first kappa shape index (κ1) is 13.7. The van der Waals surface area contributed by atoms with E-state index >= 15 is 0 Å². The largest absolute Gasteiger partial charge is 0.322 e. The van der Waals surface area contributed by atoms with Crippen molar-refractivity contribution >= 4 is 11.7 Å². The third kappa shape index (κ3) is 3.42.